The molecule has 3 rings (SSSR count). The molecular formula is C18H21NO5S. The summed E-state index contributed by atoms with van der Waals surface area (Å²) in [5.41, 5.74) is 3.25. The molecule has 0 fully saturated rings. The molecule has 0 spiro atoms. The Kier molecular flexibility index (Phi) is 4.87. The number of hydrogen-bond donors (Lipinski definition) is 1. The lowest BCUT2D eigenvalue weighted by molar-refractivity contribution is 0.174. The lowest BCUT2D eigenvalue weighted by Crippen LogP contribution is -2.28. The molecule has 2 aromatic carbocycles. The Morgan fingerprint density at radius 3 is 2.44 bits per heavy atom. The summed E-state index contributed by atoms with van der Waals surface area (Å²) in [7, 11) is -3.63. The van der Waals surface area contributed by atoms with Gasteiger partial charge in [0.1, 0.15) is 12.4 Å². The van der Waals surface area contributed by atoms with Crippen LogP contribution in [0.25, 0.3) is 0 Å². The highest BCUT2D eigenvalue weighted by Crippen LogP contribution is 2.33. The summed E-state index contributed by atoms with van der Waals surface area (Å²) < 4.78 is 43.4. The van der Waals surface area contributed by atoms with Crippen molar-refractivity contribution >= 4 is 10.0 Å². The lowest BCUT2D eigenvalue weighted by atomic mass is 10.1. The van der Waals surface area contributed by atoms with E-state index in [-0.39, 0.29) is 24.8 Å². The predicted molar refractivity (Wildman–Crippen MR) is 93.9 cm³/mol. The van der Waals surface area contributed by atoms with E-state index in [1.807, 2.05) is 32.9 Å². The van der Waals surface area contributed by atoms with Gasteiger partial charge in [0.2, 0.25) is 16.8 Å². The highest BCUT2D eigenvalue weighted by Gasteiger charge is 2.20. The van der Waals surface area contributed by atoms with Crippen molar-refractivity contribution < 1.29 is 22.6 Å². The van der Waals surface area contributed by atoms with Crippen LogP contribution in [0.15, 0.2) is 35.2 Å². The molecule has 2 aromatic rings. The maximum atomic E-state index is 12.4. The molecular weight excluding hydrogens is 342 g/mol. The SMILES string of the molecule is Cc1cc(C)c(OCCNS(=O)(=O)c2ccc3c(c2)OCO3)c(C)c1. The zero-order valence-electron chi connectivity index (χ0n) is 14.5. The van der Waals surface area contributed by atoms with Crippen LogP contribution in [0.1, 0.15) is 16.7 Å². The highest BCUT2D eigenvalue weighted by molar-refractivity contribution is 7.89. The van der Waals surface area contributed by atoms with Crippen molar-refractivity contribution in [2.75, 3.05) is 19.9 Å². The van der Waals surface area contributed by atoms with Crippen LogP contribution >= 0.6 is 0 Å². The molecule has 0 saturated heterocycles. The molecule has 1 aliphatic rings. The van der Waals surface area contributed by atoms with Crippen LogP contribution in [0.3, 0.4) is 0 Å². The van der Waals surface area contributed by atoms with Crippen molar-refractivity contribution in [3.63, 3.8) is 0 Å². The fourth-order valence-corrected chi connectivity index (χ4v) is 3.88. The van der Waals surface area contributed by atoms with E-state index >= 15 is 0 Å². The maximum Gasteiger partial charge on any atom is 0.240 e. The van der Waals surface area contributed by atoms with E-state index in [2.05, 4.69) is 4.72 Å². The molecule has 0 saturated carbocycles. The van der Waals surface area contributed by atoms with Gasteiger partial charge in [-0.25, -0.2) is 13.1 Å². The Morgan fingerprint density at radius 2 is 1.72 bits per heavy atom. The van der Waals surface area contributed by atoms with Crippen LogP contribution in [-0.4, -0.2) is 28.4 Å². The molecule has 0 aromatic heterocycles. The minimum atomic E-state index is -3.63. The molecule has 1 heterocycles. The first-order valence-corrected chi connectivity index (χ1v) is 9.45. The number of ether oxygens (including phenoxy) is 3. The number of benzene rings is 2. The Hall–Kier alpha value is -2.25. The minimum absolute atomic E-state index is 0.107. The third-order valence-corrected chi connectivity index (χ3v) is 5.36. The number of aryl methyl sites for hydroxylation is 3. The van der Waals surface area contributed by atoms with E-state index in [0.717, 1.165) is 16.9 Å². The topological polar surface area (TPSA) is 73.9 Å². The monoisotopic (exact) mass is 363 g/mol. The number of sulfonamides is 1. The van der Waals surface area contributed by atoms with E-state index < -0.39 is 10.0 Å². The quantitative estimate of drug-likeness (QED) is 0.799. The fourth-order valence-electron chi connectivity index (χ4n) is 2.85. The minimum Gasteiger partial charge on any atom is -0.492 e. The molecule has 25 heavy (non-hydrogen) atoms. The van der Waals surface area contributed by atoms with Crippen molar-refractivity contribution in [1.82, 2.24) is 4.72 Å². The van der Waals surface area contributed by atoms with Gasteiger partial charge in [-0.15, -0.1) is 0 Å². The smallest absolute Gasteiger partial charge is 0.240 e. The number of nitrogens with one attached hydrogen (secondary N) is 1. The van der Waals surface area contributed by atoms with Gasteiger partial charge >= 0.3 is 0 Å². The van der Waals surface area contributed by atoms with Crippen LogP contribution in [-0.2, 0) is 10.0 Å². The average Bonchev–Trinajstić information content (AvgIpc) is 3.00. The van der Waals surface area contributed by atoms with Crippen LogP contribution in [0.2, 0.25) is 0 Å². The van der Waals surface area contributed by atoms with Gasteiger partial charge in [-0.1, -0.05) is 17.7 Å². The van der Waals surface area contributed by atoms with Gasteiger partial charge in [-0.2, -0.15) is 0 Å². The molecule has 7 heteroatoms. The summed E-state index contributed by atoms with van der Waals surface area (Å²) in [6.07, 6.45) is 0. The molecule has 0 aliphatic carbocycles. The van der Waals surface area contributed by atoms with E-state index in [9.17, 15) is 8.42 Å². The molecule has 0 atom stereocenters. The summed E-state index contributed by atoms with van der Waals surface area (Å²) in [5.74, 6) is 1.78. The van der Waals surface area contributed by atoms with Gasteiger partial charge in [0, 0.05) is 12.6 Å². The second kappa shape index (κ2) is 6.93. The molecule has 0 amide bonds. The first kappa shape index (κ1) is 17.6. The summed E-state index contributed by atoms with van der Waals surface area (Å²) in [4.78, 5) is 0.138. The van der Waals surface area contributed by atoms with Gasteiger partial charge in [-0.05, 0) is 44.0 Å². The van der Waals surface area contributed by atoms with Gasteiger partial charge in [0.05, 0.1) is 4.90 Å². The highest BCUT2D eigenvalue weighted by atomic mass is 32.2. The lowest BCUT2D eigenvalue weighted by Gasteiger charge is -2.13. The molecule has 134 valence electrons. The van der Waals surface area contributed by atoms with Crippen LogP contribution in [0, 0.1) is 20.8 Å². The molecule has 1 N–H and O–H groups in total. The fraction of sp³-hybridized carbons (Fsp3) is 0.333. The molecule has 0 radical (unpaired) electrons. The van der Waals surface area contributed by atoms with Crippen LogP contribution in [0.5, 0.6) is 17.2 Å². The summed E-state index contributed by atoms with van der Waals surface area (Å²) in [6, 6.07) is 8.62. The van der Waals surface area contributed by atoms with Crippen molar-refractivity contribution in [3.05, 3.63) is 47.0 Å². The number of hydrogen-bond acceptors (Lipinski definition) is 5. The van der Waals surface area contributed by atoms with Crippen molar-refractivity contribution in [3.8, 4) is 17.2 Å². The van der Waals surface area contributed by atoms with Gasteiger partial charge in [0.15, 0.2) is 11.5 Å². The van der Waals surface area contributed by atoms with E-state index in [1.165, 1.54) is 17.7 Å². The van der Waals surface area contributed by atoms with Gasteiger partial charge < -0.3 is 14.2 Å². The second-order valence-corrected chi connectivity index (χ2v) is 7.76. The number of rotatable bonds is 6. The Balaban J connectivity index is 1.60. The standard InChI is InChI=1S/C18H21NO5S/c1-12-8-13(2)18(14(3)9-12)22-7-6-19-25(20,21)15-4-5-16-17(10-15)24-11-23-16/h4-5,8-10,19H,6-7,11H2,1-3H3. The molecule has 0 unspecified atom stereocenters. The Labute approximate surface area is 147 Å². The normalized spacial score (nSPS) is 13.1. The van der Waals surface area contributed by atoms with Crippen LogP contribution in [0.4, 0.5) is 0 Å². The number of fused-ring (bicyclic) bond motifs is 1. The average molecular weight is 363 g/mol. The zero-order valence-corrected chi connectivity index (χ0v) is 15.3. The predicted octanol–water partition coefficient (Wildman–Crippen LogP) is 2.70. The summed E-state index contributed by atoms with van der Waals surface area (Å²) in [6.45, 7) is 6.51. The molecule has 0 bridgehead atoms. The van der Waals surface area contributed by atoms with Crippen molar-refractivity contribution in [2.24, 2.45) is 0 Å². The summed E-state index contributed by atoms with van der Waals surface area (Å²) in [5, 5.41) is 0. The maximum absolute atomic E-state index is 12.4. The first-order valence-electron chi connectivity index (χ1n) is 7.97. The van der Waals surface area contributed by atoms with Gasteiger partial charge in [-0.3, -0.25) is 0 Å². The van der Waals surface area contributed by atoms with Gasteiger partial charge in [0.25, 0.3) is 0 Å². The van der Waals surface area contributed by atoms with Crippen molar-refractivity contribution in [2.45, 2.75) is 25.7 Å². The zero-order chi connectivity index (χ0) is 18.0. The Bertz CT molecular complexity index is 869. The third-order valence-electron chi connectivity index (χ3n) is 3.90. The molecule has 6 nitrogen and oxygen atoms in total. The van der Waals surface area contributed by atoms with Crippen molar-refractivity contribution in [1.29, 1.82) is 0 Å². The van der Waals surface area contributed by atoms with E-state index in [1.54, 1.807) is 6.07 Å². The van der Waals surface area contributed by atoms with Crippen LogP contribution < -0.4 is 18.9 Å². The first-order chi connectivity index (χ1) is 11.9. The summed E-state index contributed by atoms with van der Waals surface area (Å²) >= 11 is 0. The second-order valence-electron chi connectivity index (χ2n) is 5.99. The molecule has 1 aliphatic heterocycles. The van der Waals surface area contributed by atoms with E-state index in [0.29, 0.717) is 11.5 Å². The third kappa shape index (κ3) is 3.88. The largest absolute Gasteiger partial charge is 0.492 e. The Morgan fingerprint density at radius 1 is 1.04 bits per heavy atom. The van der Waals surface area contributed by atoms with E-state index in [4.69, 9.17) is 14.2 Å².